The number of aryl methyl sites for hydroxylation is 1. The van der Waals surface area contributed by atoms with Crippen molar-refractivity contribution in [2.75, 3.05) is 5.32 Å². The first kappa shape index (κ1) is 13.5. The maximum absolute atomic E-state index is 12.2. The topological polar surface area (TPSA) is 54.9 Å². The summed E-state index contributed by atoms with van der Waals surface area (Å²) in [5.74, 6) is 0.159. The predicted octanol–water partition coefficient (Wildman–Crippen LogP) is 3.84. The highest BCUT2D eigenvalue weighted by molar-refractivity contribution is 6.35. The Morgan fingerprint density at radius 1 is 1.19 bits per heavy atom. The van der Waals surface area contributed by atoms with Crippen LogP contribution in [-0.2, 0) is 0 Å². The lowest BCUT2D eigenvalue weighted by Gasteiger charge is -2.06. The Kier molecular flexibility index (Phi) is 3.54. The van der Waals surface area contributed by atoms with E-state index in [-0.39, 0.29) is 11.6 Å². The molecule has 2 heterocycles. The fourth-order valence-corrected chi connectivity index (χ4v) is 2.30. The van der Waals surface area contributed by atoms with E-state index in [0.29, 0.717) is 16.4 Å². The van der Waals surface area contributed by atoms with Crippen LogP contribution in [0.4, 0.5) is 5.82 Å². The lowest BCUT2D eigenvalue weighted by atomic mass is 10.2. The molecule has 0 saturated carbocycles. The van der Waals surface area contributed by atoms with Crippen LogP contribution in [-0.4, -0.2) is 15.9 Å². The number of pyridine rings is 2. The highest BCUT2D eigenvalue weighted by atomic mass is 35.5. The van der Waals surface area contributed by atoms with E-state index in [1.165, 1.54) is 0 Å². The second-order valence-electron chi connectivity index (χ2n) is 4.68. The molecule has 1 amide bonds. The van der Waals surface area contributed by atoms with Crippen molar-refractivity contribution in [3.8, 4) is 0 Å². The quantitative estimate of drug-likeness (QED) is 0.782. The number of halogens is 1. The molecule has 4 nitrogen and oxygen atoms in total. The molecule has 5 heteroatoms. The van der Waals surface area contributed by atoms with E-state index >= 15 is 0 Å². The number of nitrogens with zero attached hydrogens (tertiary/aromatic N) is 2. The Morgan fingerprint density at radius 3 is 2.81 bits per heavy atom. The molecule has 21 heavy (non-hydrogen) atoms. The van der Waals surface area contributed by atoms with E-state index in [0.717, 1.165) is 10.9 Å². The van der Waals surface area contributed by atoms with Crippen molar-refractivity contribution >= 4 is 34.2 Å². The van der Waals surface area contributed by atoms with Crippen molar-refractivity contribution < 1.29 is 4.79 Å². The molecule has 0 unspecified atom stereocenters. The summed E-state index contributed by atoms with van der Waals surface area (Å²) in [6.07, 6.45) is 1.64. The monoisotopic (exact) mass is 297 g/mol. The van der Waals surface area contributed by atoms with Crippen LogP contribution >= 0.6 is 11.6 Å². The van der Waals surface area contributed by atoms with Gasteiger partial charge in [0.25, 0.3) is 5.91 Å². The van der Waals surface area contributed by atoms with Crippen molar-refractivity contribution in [1.29, 1.82) is 0 Å². The number of fused-ring (bicyclic) bond motifs is 1. The molecule has 0 aliphatic rings. The summed E-state index contributed by atoms with van der Waals surface area (Å²) in [6.45, 7) is 1.93. The number of benzene rings is 1. The van der Waals surface area contributed by atoms with Gasteiger partial charge in [-0.25, -0.2) is 9.97 Å². The molecule has 0 saturated heterocycles. The molecule has 104 valence electrons. The number of hydrogen-bond acceptors (Lipinski definition) is 3. The number of carbonyl (C=O) groups excluding carboxylic acids is 1. The van der Waals surface area contributed by atoms with Gasteiger partial charge in [-0.3, -0.25) is 4.79 Å². The zero-order valence-corrected chi connectivity index (χ0v) is 12.1. The smallest absolute Gasteiger partial charge is 0.275 e. The Hall–Kier alpha value is -2.46. The maximum atomic E-state index is 12.2. The number of rotatable bonds is 2. The van der Waals surface area contributed by atoms with E-state index in [2.05, 4.69) is 15.3 Å². The Balaban J connectivity index is 1.94. The standard InChI is InChI=1S/C16H12ClN3O/c1-10-6-7-18-15(8-10)20-16(21)14-9-12(17)11-4-2-3-5-13(11)19-14/h2-9H,1H3,(H,18,20,21). The third-order valence-corrected chi connectivity index (χ3v) is 3.37. The summed E-state index contributed by atoms with van der Waals surface area (Å²) in [4.78, 5) is 20.7. The van der Waals surface area contributed by atoms with Gasteiger partial charge in [0.15, 0.2) is 0 Å². The largest absolute Gasteiger partial charge is 0.305 e. The second kappa shape index (κ2) is 5.50. The molecule has 0 spiro atoms. The predicted molar refractivity (Wildman–Crippen MR) is 83.7 cm³/mol. The molecule has 0 aliphatic carbocycles. The van der Waals surface area contributed by atoms with Gasteiger partial charge in [0.05, 0.1) is 10.5 Å². The van der Waals surface area contributed by atoms with Gasteiger partial charge in [0, 0.05) is 11.6 Å². The zero-order chi connectivity index (χ0) is 14.8. The van der Waals surface area contributed by atoms with Gasteiger partial charge in [-0.2, -0.15) is 0 Å². The van der Waals surface area contributed by atoms with Gasteiger partial charge >= 0.3 is 0 Å². The number of anilines is 1. The first-order valence-electron chi connectivity index (χ1n) is 6.43. The molecule has 3 rings (SSSR count). The minimum Gasteiger partial charge on any atom is -0.305 e. The van der Waals surface area contributed by atoms with Crippen molar-refractivity contribution in [2.24, 2.45) is 0 Å². The SMILES string of the molecule is Cc1ccnc(NC(=O)c2cc(Cl)c3ccccc3n2)c1. The maximum Gasteiger partial charge on any atom is 0.275 e. The molecule has 1 N–H and O–H groups in total. The van der Waals surface area contributed by atoms with Gasteiger partial charge in [-0.1, -0.05) is 29.8 Å². The van der Waals surface area contributed by atoms with Crippen LogP contribution in [0.25, 0.3) is 10.9 Å². The van der Waals surface area contributed by atoms with E-state index in [4.69, 9.17) is 11.6 Å². The lowest BCUT2D eigenvalue weighted by Crippen LogP contribution is -2.14. The fraction of sp³-hybridized carbons (Fsp3) is 0.0625. The summed E-state index contributed by atoms with van der Waals surface area (Å²) in [6, 6.07) is 12.6. The van der Waals surface area contributed by atoms with Gasteiger partial charge in [-0.05, 0) is 36.8 Å². The normalized spacial score (nSPS) is 10.6. The highest BCUT2D eigenvalue weighted by Gasteiger charge is 2.12. The summed E-state index contributed by atoms with van der Waals surface area (Å²) in [5, 5.41) is 4.05. The Bertz CT molecular complexity index is 833. The number of para-hydroxylation sites is 1. The van der Waals surface area contributed by atoms with Gasteiger partial charge in [-0.15, -0.1) is 0 Å². The van der Waals surface area contributed by atoms with E-state index in [1.54, 1.807) is 18.3 Å². The third kappa shape index (κ3) is 2.85. The molecule has 0 bridgehead atoms. The first-order chi connectivity index (χ1) is 10.1. The van der Waals surface area contributed by atoms with Crippen LogP contribution in [0, 0.1) is 6.92 Å². The van der Waals surface area contributed by atoms with Crippen LogP contribution in [0.5, 0.6) is 0 Å². The number of amides is 1. The van der Waals surface area contributed by atoms with E-state index < -0.39 is 0 Å². The van der Waals surface area contributed by atoms with Crippen molar-refractivity contribution in [1.82, 2.24) is 9.97 Å². The number of nitrogens with one attached hydrogen (secondary N) is 1. The van der Waals surface area contributed by atoms with Gasteiger partial charge < -0.3 is 5.32 Å². The second-order valence-corrected chi connectivity index (χ2v) is 5.09. The summed E-state index contributed by atoms with van der Waals surface area (Å²) in [5.41, 5.74) is 1.97. The number of hydrogen-bond donors (Lipinski definition) is 1. The van der Waals surface area contributed by atoms with Crippen molar-refractivity contribution in [3.63, 3.8) is 0 Å². The van der Waals surface area contributed by atoms with E-state index in [9.17, 15) is 4.79 Å². The van der Waals surface area contributed by atoms with Crippen molar-refractivity contribution in [2.45, 2.75) is 6.92 Å². The fourth-order valence-electron chi connectivity index (χ4n) is 2.03. The Morgan fingerprint density at radius 2 is 2.00 bits per heavy atom. The van der Waals surface area contributed by atoms with Gasteiger partial charge in [0.1, 0.15) is 11.5 Å². The molecule has 0 atom stereocenters. The highest BCUT2D eigenvalue weighted by Crippen LogP contribution is 2.23. The van der Waals surface area contributed by atoms with Crippen LogP contribution in [0.1, 0.15) is 16.1 Å². The van der Waals surface area contributed by atoms with Gasteiger partial charge in [0.2, 0.25) is 0 Å². The van der Waals surface area contributed by atoms with Crippen molar-refractivity contribution in [3.05, 3.63) is 64.9 Å². The Labute approximate surface area is 126 Å². The molecule has 0 aliphatic heterocycles. The molecule has 2 aromatic heterocycles. The number of carbonyl (C=O) groups is 1. The van der Waals surface area contributed by atoms with Crippen LogP contribution < -0.4 is 5.32 Å². The molecule has 3 aromatic rings. The summed E-state index contributed by atoms with van der Waals surface area (Å²) in [7, 11) is 0. The number of aromatic nitrogens is 2. The molecular formula is C16H12ClN3O. The molecule has 1 aromatic carbocycles. The minimum absolute atomic E-state index is 0.266. The van der Waals surface area contributed by atoms with Crippen LogP contribution in [0.2, 0.25) is 5.02 Å². The third-order valence-electron chi connectivity index (χ3n) is 3.06. The average Bonchev–Trinajstić information content (AvgIpc) is 2.47. The zero-order valence-electron chi connectivity index (χ0n) is 11.3. The first-order valence-corrected chi connectivity index (χ1v) is 6.80. The molecular weight excluding hydrogens is 286 g/mol. The van der Waals surface area contributed by atoms with Crippen LogP contribution in [0.15, 0.2) is 48.7 Å². The molecule has 0 fully saturated rings. The van der Waals surface area contributed by atoms with Crippen LogP contribution in [0.3, 0.4) is 0 Å². The summed E-state index contributed by atoms with van der Waals surface area (Å²) >= 11 is 6.20. The summed E-state index contributed by atoms with van der Waals surface area (Å²) < 4.78 is 0. The average molecular weight is 298 g/mol. The van der Waals surface area contributed by atoms with E-state index in [1.807, 2.05) is 37.3 Å². The minimum atomic E-state index is -0.333. The molecule has 0 radical (unpaired) electrons. The lowest BCUT2D eigenvalue weighted by molar-refractivity contribution is 0.102.